The molecule has 0 aliphatic rings. The van der Waals surface area contributed by atoms with Gasteiger partial charge in [0.1, 0.15) is 10.0 Å². The molecule has 6 nitrogen and oxygen atoms in total. The van der Waals surface area contributed by atoms with Crippen LogP contribution in [0.5, 0.6) is 0 Å². The first-order chi connectivity index (χ1) is 6.93. The summed E-state index contributed by atoms with van der Waals surface area (Å²) in [5.41, 5.74) is 7.16. The first-order valence-corrected chi connectivity index (χ1v) is 5.88. The van der Waals surface area contributed by atoms with E-state index in [2.05, 4.69) is 22.6 Å². The molecule has 0 saturated carbocycles. The van der Waals surface area contributed by atoms with Crippen molar-refractivity contribution in [2.45, 2.75) is 4.90 Å². The first kappa shape index (κ1) is 12.1. The van der Waals surface area contributed by atoms with E-state index in [0.717, 1.165) is 0 Å². The van der Waals surface area contributed by atoms with Gasteiger partial charge < -0.3 is 5.73 Å². The Labute approximate surface area is 96.8 Å². The van der Waals surface area contributed by atoms with Gasteiger partial charge in [0.25, 0.3) is 10.0 Å². The molecule has 0 radical (unpaired) electrons. The third-order valence-electron chi connectivity index (χ3n) is 1.32. The van der Waals surface area contributed by atoms with Crippen molar-refractivity contribution >= 4 is 39.0 Å². The van der Waals surface area contributed by atoms with Gasteiger partial charge in [0.2, 0.25) is 0 Å². The van der Waals surface area contributed by atoms with Crippen LogP contribution in [0.1, 0.15) is 0 Å². The molecule has 0 amide bonds. The molecule has 9 heteroatoms. The average molecular weight is 267 g/mol. The molecular formula is C6H7ClN4O2S2. The summed E-state index contributed by atoms with van der Waals surface area (Å²) in [5.74, 6) is 0. The Bertz CT molecular complexity index is 476. The van der Waals surface area contributed by atoms with E-state index in [-0.39, 0.29) is 15.2 Å². The fourth-order valence-corrected chi connectivity index (χ4v) is 2.17. The largest absolute Gasteiger partial charge is 0.375 e. The smallest absolute Gasteiger partial charge is 0.260 e. The number of nitrogens with one attached hydrogen (secondary N) is 2. The molecule has 15 heavy (non-hydrogen) atoms. The van der Waals surface area contributed by atoms with E-state index >= 15 is 0 Å². The van der Waals surface area contributed by atoms with Crippen LogP contribution in [0.3, 0.4) is 0 Å². The maximum absolute atomic E-state index is 11.5. The summed E-state index contributed by atoms with van der Waals surface area (Å²) in [4.78, 5) is 5.42. The molecule has 0 bridgehead atoms. The highest BCUT2D eigenvalue weighted by Gasteiger charge is 2.17. The van der Waals surface area contributed by atoms with Crippen molar-refractivity contribution in [1.82, 2.24) is 15.2 Å². The maximum atomic E-state index is 11.5. The van der Waals surface area contributed by atoms with Crippen molar-refractivity contribution in [3.63, 3.8) is 0 Å². The van der Waals surface area contributed by atoms with Crippen LogP contribution in [0.25, 0.3) is 0 Å². The Balaban J connectivity index is 2.97. The number of aromatic nitrogens is 1. The zero-order valence-corrected chi connectivity index (χ0v) is 9.66. The molecule has 0 fully saturated rings. The summed E-state index contributed by atoms with van der Waals surface area (Å²) in [5, 5.41) is -0.326. The second-order valence-electron chi connectivity index (χ2n) is 2.39. The van der Waals surface area contributed by atoms with E-state index in [1.807, 2.05) is 4.83 Å². The van der Waals surface area contributed by atoms with E-state index in [1.165, 1.54) is 18.3 Å². The second-order valence-corrected chi connectivity index (χ2v) is 4.84. The van der Waals surface area contributed by atoms with E-state index < -0.39 is 10.0 Å². The van der Waals surface area contributed by atoms with Crippen LogP contribution in [0.15, 0.2) is 23.2 Å². The minimum atomic E-state index is -3.81. The van der Waals surface area contributed by atoms with E-state index in [0.29, 0.717) is 0 Å². The molecule has 1 aromatic heterocycles. The van der Waals surface area contributed by atoms with Crippen LogP contribution in [0.4, 0.5) is 0 Å². The van der Waals surface area contributed by atoms with E-state index in [1.54, 1.807) is 0 Å². The van der Waals surface area contributed by atoms with Crippen LogP contribution in [0, 0.1) is 0 Å². The average Bonchev–Trinajstić information content (AvgIpc) is 2.15. The number of sulfonamides is 1. The summed E-state index contributed by atoms with van der Waals surface area (Å²) in [6.45, 7) is 0. The number of thiocarbonyl (C=S) groups is 1. The molecule has 0 spiro atoms. The first-order valence-electron chi connectivity index (χ1n) is 3.61. The van der Waals surface area contributed by atoms with E-state index in [4.69, 9.17) is 17.3 Å². The van der Waals surface area contributed by atoms with Gasteiger partial charge >= 0.3 is 0 Å². The molecular weight excluding hydrogens is 260 g/mol. The number of hydrazine groups is 1. The molecule has 4 N–H and O–H groups in total. The number of pyridine rings is 1. The Morgan fingerprint density at radius 2 is 2.27 bits per heavy atom. The Hall–Kier alpha value is -0.960. The van der Waals surface area contributed by atoms with Crippen LogP contribution in [-0.4, -0.2) is 18.5 Å². The zero-order valence-electron chi connectivity index (χ0n) is 7.27. The van der Waals surface area contributed by atoms with Gasteiger partial charge in [0.05, 0.1) is 0 Å². The van der Waals surface area contributed by atoms with E-state index in [9.17, 15) is 8.42 Å². The number of halogens is 1. The number of hydrogen-bond donors (Lipinski definition) is 3. The van der Waals surface area contributed by atoms with Crippen molar-refractivity contribution in [1.29, 1.82) is 0 Å². The topological polar surface area (TPSA) is 97.1 Å². The summed E-state index contributed by atoms with van der Waals surface area (Å²) in [6, 6.07) is 2.75. The normalized spacial score (nSPS) is 11.0. The summed E-state index contributed by atoms with van der Waals surface area (Å²) in [6.07, 6.45) is 1.38. The van der Waals surface area contributed by atoms with Crippen molar-refractivity contribution in [2.75, 3.05) is 0 Å². The highest BCUT2D eigenvalue weighted by molar-refractivity contribution is 7.89. The van der Waals surface area contributed by atoms with Gasteiger partial charge in [0, 0.05) is 6.20 Å². The highest BCUT2D eigenvalue weighted by atomic mass is 35.5. The quantitative estimate of drug-likeness (QED) is 0.397. The summed E-state index contributed by atoms with van der Waals surface area (Å²) >= 11 is 10.0. The van der Waals surface area contributed by atoms with Gasteiger partial charge in [-0.05, 0) is 24.4 Å². The Morgan fingerprint density at radius 3 is 2.80 bits per heavy atom. The van der Waals surface area contributed by atoms with Crippen molar-refractivity contribution < 1.29 is 8.42 Å². The molecule has 1 rings (SSSR count). The van der Waals surface area contributed by atoms with Crippen LogP contribution >= 0.6 is 23.8 Å². The van der Waals surface area contributed by atoms with Crippen LogP contribution in [0.2, 0.25) is 5.15 Å². The minimum absolute atomic E-state index is 0.130. The molecule has 82 valence electrons. The predicted octanol–water partition coefficient (Wildman–Crippen LogP) is -0.238. The lowest BCUT2D eigenvalue weighted by Crippen LogP contribution is -2.44. The predicted molar refractivity (Wildman–Crippen MR) is 59.5 cm³/mol. The zero-order chi connectivity index (χ0) is 11.5. The molecule has 0 aliphatic carbocycles. The van der Waals surface area contributed by atoms with Crippen LogP contribution in [-0.2, 0) is 10.0 Å². The maximum Gasteiger partial charge on any atom is 0.260 e. The lowest BCUT2D eigenvalue weighted by Gasteiger charge is -2.07. The lowest BCUT2D eigenvalue weighted by molar-refractivity contribution is 0.577. The van der Waals surface area contributed by atoms with Crippen molar-refractivity contribution in [2.24, 2.45) is 5.73 Å². The third-order valence-corrected chi connectivity index (χ3v) is 3.12. The monoisotopic (exact) mass is 266 g/mol. The lowest BCUT2D eigenvalue weighted by atomic mass is 10.5. The number of nitrogens with zero attached hydrogens (tertiary/aromatic N) is 1. The Morgan fingerprint density at radius 1 is 1.60 bits per heavy atom. The Kier molecular flexibility index (Phi) is 3.80. The van der Waals surface area contributed by atoms with Crippen LogP contribution < -0.4 is 16.0 Å². The SMILES string of the molecule is NC(=S)NNS(=O)(=O)c1cccnc1Cl. The van der Waals surface area contributed by atoms with Crippen molar-refractivity contribution in [3.8, 4) is 0 Å². The standard InChI is InChI=1S/C6H7ClN4O2S2/c7-5-4(2-1-3-9-5)15(12,13)11-10-6(8)14/h1-3,11H,(H3,8,10,14). The summed E-state index contributed by atoms with van der Waals surface area (Å²) in [7, 11) is -3.81. The molecule has 0 saturated heterocycles. The van der Waals surface area contributed by atoms with Gasteiger partial charge in [0.15, 0.2) is 5.11 Å². The molecule has 0 aliphatic heterocycles. The number of rotatable bonds is 3. The molecule has 0 unspecified atom stereocenters. The van der Waals surface area contributed by atoms with Gasteiger partial charge in [-0.2, -0.15) is 0 Å². The second kappa shape index (κ2) is 4.71. The minimum Gasteiger partial charge on any atom is -0.375 e. The fraction of sp³-hybridized carbons (Fsp3) is 0. The summed E-state index contributed by atoms with van der Waals surface area (Å²) < 4.78 is 23.1. The third kappa shape index (κ3) is 3.27. The number of nitrogens with two attached hydrogens (primary N) is 1. The van der Waals surface area contributed by atoms with Crippen molar-refractivity contribution in [3.05, 3.63) is 23.5 Å². The van der Waals surface area contributed by atoms with Gasteiger partial charge in [-0.1, -0.05) is 11.6 Å². The van der Waals surface area contributed by atoms with Gasteiger partial charge in [-0.3, -0.25) is 5.43 Å². The van der Waals surface area contributed by atoms with Gasteiger partial charge in [-0.25, -0.2) is 13.4 Å². The highest BCUT2D eigenvalue weighted by Crippen LogP contribution is 2.16. The fourth-order valence-electron chi connectivity index (χ4n) is 0.744. The van der Waals surface area contributed by atoms with Gasteiger partial charge in [-0.15, -0.1) is 4.83 Å². The number of hydrogen-bond acceptors (Lipinski definition) is 4. The molecule has 0 atom stereocenters. The molecule has 1 aromatic rings. The molecule has 1 heterocycles. The molecule has 0 aromatic carbocycles.